The lowest BCUT2D eigenvalue weighted by Gasteiger charge is -2.34. The number of fused-ring (bicyclic) bond motifs is 2. The van der Waals surface area contributed by atoms with E-state index in [4.69, 9.17) is 10.5 Å². The monoisotopic (exact) mass is 620 g/mol. The first-order valence-corrected chi connectivity index (χ1v) is 15.3. The number of amides is 2. The molecule has 0 spiro atoms. The summed E-state index contributed by atoms with van der Waals surface area (Å²) < 4.78 is 50.4. The molecule has 0 bridgehead atoms. The smallest absolute Gasteiger partial charge is 0.416 e. The molecule has 2 aromatic heterocycles. The highest BCUT2D eigenvalue weighted by molar-refractivity contribution is 6.04. The van der Waals surface area contributed by atoms with E-state index in [2.05, 4.69) is 43.2 Å². The minimum Gasteiger partial charge on any atom is -0.491 e. The van der Waals surface area contributed by atoms with Crippen LogP contribution >= 0.6 is 0 Å². The van der Waals surface area contributed by atoms with Crippen LogP contribution in [0.15, 0.2) is 42.9 Å². The molecule has 1 saturated heterocycles. The summed E-state index contributed by atoms with van der Waals surface area (Å²) in [6, 6.07) is 7.32. The SMILES string of the molecule is CCN1CCN(Cc2ccc(NC(=O)Nc3ccc(-c4cn(C5CC5)c5ncnc(N)c45)c4c3OCC4)cc2C(F)(F)F)CC1. The van der Waals surface area contributed by atoms with Gasteiger partial charge in [-0.25, -0.2) is 14.8 Å². The van der Waals surface area contributed by atoms with Gasteiger partial charge in [-0.05, 0) is 48.7 Å². The standard InChI is InChI=1S/C32H35F3N8O2/c1-2-41-10-12-42(13-11-41)16-19-3-4-20(15-25(19)32(33,34)35)39-31(44)40-26-8-7-22(23-9-14-45-28(23)26)24-17-43(21-5-6-21)30-27(24)29(36)37-18-38-30/h3-4,7-8,15,17-18,21H,2,5-6,9-14,16H2,1H3,(H2,36,37,38)(H2,39,40,44). The topological polar surface area (TPSA) is 114 Å². The van der Waals surface area contributed by atoms with Crippen molar-refractivity contribution >= 4 is 34.3 Å². The van der Waals surface area contributed by atoms with Crippen molar-refractivity contribution in [2.75, 3.05) is 55.7 Å². The maximum atomic E-state index is 14.1. The highest BCUT2D eigenvalue weighted by Crippen LogP contribution is 2.46. The maximum absolute atomic E-state index is 14.1. The Morgan fingerprint density at radius 1 is 1.04 bits per heavy atom. The second kappa shape index (κ2) is 11.5. The fourth-order valence-electron chi connectivity index (χ4n) is 6.44. The van der Waals surface area contributed by atoms with E-state index in [1.165, 1.54) is 18.5 Å². The van der Waals surface area contributed by atoms with Gasteiger partial charge < -0.3 is 30.6 Å². The van der Waals surface area contributed by atoms with Crippen molar-refractivity contribution in [1.82, 2.24) is 24.3 Å². The molecule has 2 amide bonds. The van der Waals surface area contributed by atoms with Crippen molar-refractivity contribution in [3.8, 4) is 16.9 Å². The van der Waals surface area contributed by atoms with Crippen LogP contribution in [0.1, 0.15) is 42.5 Å². The summed E-state index contributed by atoms with van der Waals surface area (Å²) >= 11 is 0. The fourth-order valence-corrected chi connectivity index (χ4v) is 6.44. The average molecular weight is 621 g/mol. The van der Waals surface area contributed by atoms with Crippen molar-refractivity contribution in [1.29, 1.82) is 0 Å². The number of hydrogen-bond donors (Lipinski definition) is 3. The van der Waals surface area contributed by atoms with E-state index in [-0.39, 0.29) is 17.8 Å². The quantitative estimate of drug-likeness (QED) is 0.241. The predicted molar refractivity (Wildman–Crippen MR) is 166 cm³/mol. The van der Waals surface area contributed by atoms with Gasteiger partial charge in [0.05, 0.1) is 23.2 Å². The normalized spacial score (nSPS) is 17.3. The molecule has 4 heterocycles. The van der Waals surface area contributed by atoms with Gasteiger partial charge in [-0.2, -0.15) is 13.2 Å². The number of carbonyl (C=O) groups is 1. The molecule has 0 unspecified atom stereocenters. The minimum absolute atomic E-state index is 0.0527. The number of benzene rings is 2. The zero-order valence-electron chi connectivity index (χ0n) is 25.0. The molecule has 1 saturated carbocycles. The molecule has 0 radical (unpaired) electrons. The van der Waals surface area contributed by atoms with Crippen LogP contribution in [0.4, 0.5) is 35.2 Å². The molecular formula is C32H35F3N8O2. The zero-order valence-corrected chi connectivity index (χ0v) is 25.0. The van der Waals surface area contributed by atoms with Gasteiger partial charge in [0.25, 0.3) is 0 Å². The second-order valence-corrected chi connectivity index (χ2v) is 11.9. The number of ether oxygens (including phenoxy) is 1. The van der Waals surface area contributed by atoms with Crippen LogP contribution in [0.2, 0.25) is 0 Å². The van der Waals surface area contributed by atoms with E-state index < -0.39 is 17.8 Å². The molecule has 2 aliphatic heterocycles. The van der Waals surface area contributed by atoms with Gasteiger partial charge >= 0.3 is 12.2 Å². The first-order chi connectivity index (χ1) is 21.7. The number of alkyl halides is 3. The van der Waals surface area contributed by atoms with Crippen molar-refractivity contribution in [2.24, 2.45) is 0 Å². The summed E-state index contributed by atoms with van der Waals surface area (Å²) in [4.78, 5) is 26.1. The number of nitrogens with zero attached hydrogens (tertiary/aromatic N) is 5. The molecule has 4 N–H and O–H groups in total. The number of aromatic nitrogens is 3. The molecule has 1 aliphatic carbocycles. The van der Waals surface area contributed by atoms with Crippen LogP contribution in [-0.4, -0.2) is 69.7 Å². The highest BCUT2D eigenvalue weighted by Gasteiger charge is 2.35. The van der Waals surface area contributed by atoms with E-state index >= 15 is 0 Å². The van der Waals surface area contributed by atoms with Crippen LogP contribution in [0.3, 0.4) is 0 Å². The largest absolute Gasteiger partial charge is 0.491 e. The van der Waals surface area contributed by atoms with Crippen molar-refractivity contribution in [3.05, 3.63) is 59.5 Å². The number of nitrogens with two attached hydrogens (primary N) is 1. The van der Waals surface area contributed by atoms with Gasteiger partial charge in [0.1, 0.15) is 23.5 Å². The van der Waals surface area contributed by atoms with Crippen LogP contribution in [0.5, 0.6) is 5.75 Å². The molecule has 10 nitrogen and oxygen atoms in total. The molecule has 2 fully saturated rings. The Hall–Kier alpha value is -4.36. The Bertz CT molecular complexity index is 1760. The first-order valence-electron chi connectivity index (χ1n) is 15.3. The molecule has 0 atom stereocenters. The lowest BCUT2D eigenvalue weighted by Crippen LogP contribution is -2.45. The first kappa shape index (κ1) is 29.4. The number of halogens is 3. The van der Waals surface area contributed by atoms with Gasteiger partial charge in [-0.1, -0.05) is 19.1 Å². The van der Waals surface area contributed by atoms with Crippen molar-refractivity contribution < 1.29 is 22.7 Å². The fraction of sp³-hybridized carbons (Fsp3) is 0.406. The number of nitrogens with one attached hydrogen (secondary N) is 2. The Kier molecular flexibility index (Phi) is 7.52. The highest BCUT2D eigenvalue weighted by atomic mass is 19.4. The van der Waals surface area contributed by atoms with E-state index in [1.54, 1.807) is 6.07 Å². The van der Waals surface area contributed by atoms with E-state index in [9.17, 15) is 18.0 Å². The second-order valence-electron chi connectivity index (χ2n) is 11.9. The summed E-state index contributed by atoms with van der Waals surface area (Å²) in [5, 5.41) is 6.13. The lowest BCUT2D eigenvalue weighted by molar-refractivity contribution is -0.138. The molecule has 236 valence electrons. The number of carbonyl (C=O) groups excluding carboxylic acids is 1. The summed E-state index contributed by atoms with van der Waals surface area (Å²) in [5.41, 5.74) is 9.75. The molecule has 13 heteroatoms. The molecule has 3 aliphatic rings. The van der Waals surface area contributed by atoms with E-state index in [0.29, 0.717) is 49.4 Å². The molecule has 7 rings (SSSR count). The lowest BCUT2D eigenvalue weighted by atomic mass is 9.97. The molecule has 4 aromatic rings. The minimum atomic E-state index is -4.56. The van der Waals surface area contributed by atoms with Crippen molar-refractivity contribution in [2.45, 2.75) is 44.9 Å². The number of likely N-dealkylation sites (N-methyl/N-ethyl adjacent to an activating group) is 1. The van der Waals surface area contributed by atoms with Gasteiger partial charge in [-0.15, -0.1) is 0 Å². The zero-order chi connectivity index (χ0) is 31.3. The summed E-state index contributed by atoms with van der Waals surface area (Å²) in [6.07, 6.45) is 1.75. The Balaban J connectivity index is 1.11. The number of rotatable bonds is 7. The molecular weight excluding hydrogens is 585 g/mol. The van der Waals surface area contributed by atoms with Gasteiger partial charge in [0.15, 0.2) is 0 Å². The number of nitrogen functional groups attached to an aromatic ring is 1. The van der Waals surface area contributed by atoms with Crippen LogP contribution in [0, 0.1) is 0 Å². The number of urea groups is 1. The van der Waals surface area contributed by atoms with Gasteiger partial charge in [-0.3, -0.25) is 4.90 Å². The number of hydrogen-bond acceptors (Lipinski definition) is 7. The third kappa shape index (κ3) is 5.77. The number of anilines is 3. The number of piperazine rings is 1. The average Bonchev–Trinajstić information content (AvgIpc) is 3.59. The third-order valence-corrected chi connectivity index (χ3v) is 8.96. The summed E-state index contributed by atoms with van der Waals surface area (Å²) in [5.74, 6) is 0.923. The molecule has 45 heavy (non-hydrogen) atoms. The third-order valence-electron chi connectivity index (χ3n) is 8.96. The van der Waals surface area contributed by atoms with E-state index in [0.717, 1.165) is 66.3 Å². The Labute approximate surface area is 258 Å². The van der Waals surface area contributed by atoms with Crippen LogP contribution in [-0.2, 0) is 19.1 Å². The Morgan fingerprint density at radius 2 is 1.82 bits per heavy atom. The maximum Gasteiger partial charge on any atom is 0.416 e. The van der Waals surface area contributed by atoms with Crippen LogP contribution < -0.4 is 21.1 Å². The van der Waals surface area contributed by atoms with E-state index in [1.807, 2.05) is 11.0 Å². The Morgan fingerprint density at radius 3 is 2.56 bits per heavy atom. The summed E-state index contributed by atoms with van der Waals surface area (Å²) in [6.45, 7) is 6.73. The van der Waals surface area contributed by atoms with Gasteiger partial charge in [0.2, 0.25) is 0 Å². The van der Waals surface area contributed by atoms with Gasteiger partial charge in [0, 0.05) is 68.2 Å². The summed E-state index contributed by atoms with van der Waals surface area (Å²) in [7, 11) is 0. The van der Waals surface area contributed by atoms with Crippen LogP contribution in [0.25, 0.3) is 22.2 Å². The molecule has 2 aromatic carbocycles. The predicted octanol–water partition coefficient (Wildman–Crippen LogP) is 5.75. The van der Waals surface area contributed by atoms with Crippen molar-refractivity contribution in [3.63, 3.8) is 0 Å².